The molecule has 1 saturated carbocycles. The van der Waals surface area contributed by atoms with E-state index in [4.69, 9.17) is 0 Å². The second-order valence-corrected chi connectivity index (χ2v) is 6.10. The molecule has 16 heavy (non-hydrogen) atoms. The van der Waals surface area contributed by atoms with Gasteiger partial charge >= 0.3 is 0 Å². The van der Waals surface area contributed by atoms with E-state index in [1.54, 1.807) is 0 Å². The molecule has 0 amide bonds. The van der Waals surface area contributed by atoms with E-state index in [9.17, 15) is 0 Å². The van der Waals surface area contributed by atoms with Crippen molar-refractivity contribution < 1.29 is 0 Å². The summed E-state index contributed by atoms with van der Waals surface area (Å²) in [6.45, 7) is 2.23. The molecule has 88 valence electrons. The maximum Gasteiger partial charge on any atom is 0.0397 e. The van der Waals surface area contributed by atoms with Gasteiger partial charge in [0, 0.05) is 4.83 Å². The fourth-order valence-electron chi connectivity index (χ4n) is 2.34. The minimum absolute atomic E-state index is 0.563. The normalized spacial score (nSPS) is 18.1. The van der Waals surface area contributed by atoms with Gasteiger partial charge in [-0.2, -0.15) is 0 Å². The number of hydrogen-bond donors (Lipinski definition) is 0. The summed E-state index contributed by atoms with van der Waals surface area (Å²) in [4.78, 5) is 0.563. The van der Waals surface area contributed by atoms with Crippen LogP contribution in [0.2, 0.25) is 0 Å². The zero-order valence-corrected chi connectivity index (χ0v) is 11.7. The lowest BCUT2D eigenvalue weighted by Crippen LogP contribution is -2.12. The lowest BCUT2D eigenvalue weighted by Gasteiger charge is -2.27. The van der Waals surface area contributed by atoms with Crippen LogP contribution < -0.4 is 0 Å². The van der Waals surface area contributed by atoms with Crippen LogP contribution in [0.3, 0.4) is 0 Å². The van der Waals surface area contributed by atoms with E-state index in [0.717, 1.165) is 5.92 Å². The quantitative estimate of drug-likeness (QED) is 0.645. The molecule has 2 rings (SSSR count). The van der Waals surface area contributed by atoms with Crippen LogP contribution in [0.4, 0.5) is 0 Å². The maximum absolute atomic E-state index is 3.82. The van der Waals surface area contributed by atoms with E-state index < -0.39 is 0 Å². The second-order valence-electron chi connectivity index (χ2n) is 4.99. The molecule has 0 bridgehead atoms. The molecule has 0 nitrogen and oxygen atoms in total. The van der Waals surface area contributed by atoms with Crippen molar-refractivity contribution in [3.8, 4) is 0 Å². The minimum atomic E-state index is 0.563. The molecule has 1 aromatic rings. The summed E-state index contributed by atoms with van der Waals surface area (Å²) in [7, 11) is 0. The van der Waals surface area contributed by atoms with Gasteiger partial charge in [0.2, 0.25) is 0 Å². The Morgan fingerprint density at radius 3 is 2.44 bits per heavy atom. The van der Waals surface area contributed by atoms with Crippen LogP contribution in [0.15, 0.2) is 24.3 Å². The topological polar surface area (TPSA) is 0 Å². The lowest BCUT2D eigenvalue weighted by atomic mass is 9.81. The average Bonchev–Trinajstić information content (AvgIpc) is 2.25. The monoisotopic (exact) mass is 280 g/mol. The molecule has 0 spiro atoms. The summed E-state index contributed by atoms with van der Waals surface area (Å²) in [5.74, 6) is 0.972. The predicted octanol–water partition coefficient (Wildman–Crippen LogP) is 5.27. The van der Waals surface area contributed by atoms with Crippen molar-refractivity contribution in [1.29, 1.82) is 0 Å². The van der Waals surface area contributed by atoms with E-state index in [2.05, 4.69) is 47.1 Å². The summed E-state index contributed by atoms with van der Waals surface area (Å²) in [5, 5.41) is 0. The maximum atomic E-state index is 3.82. The molecule has 1 heteroatoms. The number of benzene rings is 1. The third-order valence-electron chi connectivity index (χ3n) is 3.65. The lowest BCUT2D eigenvalue weighted by molar-refractivity contribution is 0.295. The van der Waals surface area contributed by atoms with Crippen LogP contribution in [0, 0.1) is 5.92 Å². The molecule has 0 radical (unpaired) electrons. The number of alkyl halides is 1. The summed E-state index contributed by atoms with van der Waals surface area (Å²) in [6, 6.07) is 9.16. The molecular formula is C15H21Br. The Morgan fingerprint density at radius 1 is 1.25 bits per heavy atom. The van der Waals surface area contributed by atoms with Crippen molar-refractivity contribution in [2.75, 3.05) is 0 Å². The van der Waals surface area contributed by atoms with E-state index >= 15 is 0 Å². The fraction of sp³-hybridized carbons (Fsp3) is 0.600. The first-order valence-electron chi connectivity index (χ1n) is 6.52. The van der Waals surface area contributed by atoms with Gasteiger partial charge in [0.25, 0.3) is 0 Å². The van der Waals surface area contributed by atoms with Gasteiger partial charge in [-0.25, -0.2) is 0 Å². The Hall–Kier alpha value is -0.300. The van der Waals surface area contributed by atoms with Gasteiger partial charge in [-0.05, 0) is 29.9 Å². The van der Waals surface area contributed by atoms with E-state index in [1.165, 1.54) is 49.7 Å². The smallest absolute Gasteiger partial charge is 0.0397 e. The summed E-state index contributed by atoms with van der Waals surface area (Å²) < 4.78 is 0. The van der Waals surface area contributed by atoms with E-state index in [1.807, 2.05) is 0 Å². The third-order valence-corrected chi connectivity index (χ3v) is 4.55. The molecule has 1 unspecified atom stereocenters. The summed E-state index contributed by atoms with van der Waals surface area (Å²) in [6.07, 6.45) is 8.08. The molecule has 1 atom stereocenters. The zero-order chi connectivity index (χ0) is 11.4. The molecular weight excluding hydrogens is 260 g/mol. The summed E-state index contributed by atoms with van der Waals surface area (Å²) >= 11 is 3.82. The highest BCUT2D eigenvalue weighted by molar-refractivity contribution is 9.09. The highest BCUT2D eigenvalue weighted by Gasteiger charge is 2.21. The Kier molecular flexibility index (Phi) is 4.45. The Labute approximate surface area is 108 Å². The minimum Gasteiger partial charge on any atom is -0.0839 e. The average molecular weight is 281 g/mol. The standard InChI is InChI=1S/C15H21Br/c1-2-4-12-7-9-14(10-8-12)15(16)11-13-5-3-6-13/h7-10,13,15H,2-6,11H2,1H3. The third kappa shape index (κ3) is 3.10. The fourth-order valence-corrected chi connectivity index (χ4v) is 3.17. The number of halogens is 1. The number of hydrogen-bond acceptors (Lipinski definition) is 0. The van der Waals surface area contributed by atoms with Gasteiger partial charge in [-0.1, -0.05) is 72.8 Å². The van der Waals surface area contributed by atoms with Gasteiger partial charge in [-0.15, -0.1) is 0 Å². The van der Waals surface area contributed by atoms with Gasteiger partial charge in [0.15, 0.2) is 0 Å². The second kappa shape index (κ2) is 5.86. The van der Waals surface area contributed by atoms with E-state index in [0.29, 0.717) is 4.83 Å². The van der Waals surface area contributed by atoms with Gasteiger partial charge in [-0.3, -0.25) is 0 Å². The van der Waals surface area contributed by atoms with Gasteiger partial charge in [0.1, 0.15) is 0 Å². The largest absolute Gasteiger partial charge is 0.0839 e. The van der Waals surface area contributed by atoms with Gasteiger partial charge in [0.05, 0.1) is 0 Å². The Morgan fingerprint density at radius 2 is 1.94 bits per heavy atom. The Balaban J connectivity index is 1.91. The highest BCUT2D eigenvalue weighted by atomic mass is 79.9. The van der Waals surface area contributed by atoms with Crippen LogP contribution in [0.5, 0.6) is 0 Å². The number of aryl methyl sites for hydroxylation is 1. The first-order chi connectivity index (χ1) is 7.79. The molecule has 0 aliphatic heterocycles. The van der Waals surface area contributed by atoms with Crippen LogP contribution in [-0.4, -0.2) is 0 Å². The molecule has 0 heterocycles. The predicted molar refractivity (Wildman–Crippen MR) is 74.1 cm³/mol. The number of rotatable bonds is 5. The highest BCUT2D eigenvalue weighted by Crippen LogP contribution is 2.38. The molecule has 1 aromatic carbocycles. The Bertz CT molecular complexity index is 311. The van der Waals surface area contributed by atoms with E-state index in [-0.39, 0.29) is 0 Å². The molecule has 0 saturated heterocycles. The molecule has 0 N–H and O–H groups in total. The van der Waals surface area contributed by atoms with Gasteiger partial charge < -0.3 is 0 Å². The molecule has 0 aromatic heterocycles. The van der Waals surface area contributed by atoms with Crippen molar-refractivity contribution in [2.24, 2.45) is 5.92 Å². The summed E-state index contributed by atoms with van der Waals surface area (Å²) in [5.41, 5.74) is 2.92. The molecule has 1 aliphatic carbocycles. The first kappa shape index (κ1) is 12.2. The SMILES string of the molecule is CCCc1ccc(C(Br)CC2CCC2)cc1. The molecule has 1 fully saturated rings. The first-order valence-corrected chi connectivity index (χ1v) is 7.44. The van der Waals surface area contributed by atoms with Crippen molar-refractivity contribution in [3.05, 3.63) is 35.4 Å². The van der Waals surface area contributed by atoms with Crippen molar-refractivity contribution in [3.63, 3.8) is 0 Å². The van der Waals surface area contributed by atoms with Crippen molar-refractivity contribution in [2.45, 2.75) is 50.3 Å². The van der Waals surface area contributed by atoms with Crippen molar-refractivity contribution in [1.82, 2.24) is 0 Å². The van der Waals surface area contributed by atoms with Crippen LogP contribution in [-0.2, 0) is 6.42 Å². The molecule has 1 aliphatic rings. The van der Waals surface area contributed by atoms with Crippen molar-refractivity contribution >= 4 is 15.9 Å². The zero-order valence-electron chi connectivity index (χ0n) is 10.1. The van der Waals surface area contributed by atoms with Crippen LogP contribution in [0.25, 0.3) is 0 Å². The van der Waals surface area contributed by atoms with Crippen LogP contribution >= 0.6 is 15.9 Å². The van der Waals surface area contributed by atoms with Crippen LogP contribution in [0.1, 0.15) is 55.0 Å².